The normalized spacial score (nSPS) is 15.0. The van der Waals surface area contributed by atoms with Crippen molar-refractivity contribution in [2.24, 2.45) is 0 Å². The maximum Gasteiger partial charge on any atom is 0.411 e. The number of hydroxylamine groups is 1. The zero-order chi connectivity index (χ0) is 10.8. The Hall–Kier alpha value is -1.75. The molecule has 0 aromatic heterocycles. The van der Waals surface area contributed by atoms with Gasteiger partial charge in [0.2, 0.25) is 0 Å². The minimum absolute atomic E-state index is 0.417. The van der Waals surface area contributed by atoms with Crippen LogP contribution in [0.1, 0.15) is 0 Å². The van der Waals surface area contributed by atoms with Crippen LogP contribution in [0.25, 0.3) is 0 Å². The number of carbonyl (C=O) groups is 1. The monoisotopic (exact) mass is 208 g/mol. The number of amides is 1. The van der Waals surface area contributed by atoms with Crippen molar-refractivity contribution in [1.29, 1.82) is 0 Å². The number of rotatable bonds is 1. The largest absolute Gasteiger partial charge is 0.465 e. The highest BCUT2D eigenvalue weighted by Crippen LogP contribution is 2.32. The van der Waals surface area contributed by atoms with Gasteiger partial charge in [0.15, 0.2) is 0 Å². The number of fused-ring (bicyclic) bond motifs is 1. The van der Waals surface area contributed by atoms with Gasteiger partial charge < -0.3 is 5.11 Å². The molecule has 0 bridgehead atoms. The molecule has 0 saturated carbocycles. The SMILES string of the molecule is CON1CCN(C(=O)O)c2ccccc21. The third kappa shape index (κ3) is 1.61. The predicted octanol–water partition coefficient (Wildman–Crippen LogP) is 1.55. The number of hydrogen-bond donors (Lipinski definition) is 1. The Morgan fingerprint density at radius 1 is 1.33 bits per heavy atom. The van der Waals surface area contributed by atoms with Crippen LogP contribution in [-0.2, 0) is 4.84 Å². The Labute approximate surface area is 87.4 Å². The average Bonchev–Trinajstić information content (AvgIpc) is 2.27. The second-order valence-corrected chi connectivity index (χ2v) is 3.21. The average molecular weight is 208 g/mol. The molecule has 0 saturated heterocycles. The number of anilines is 2. The molecule has 1 aromatic carbocycles. The molecule has 0 spiro atoms. The molecule has 5 heteroatoms. The molecular formula is C10H12N2O3. The first-order valence-electron chi connectivity index (χ1n) is 4.65. The topological polar surface area (TPSA) is 53.0 Å². The first kappa shape index (κ1) is 9.79. The van der Waals surface area contributed by atoms with Gasteiger partial charge in [-0.15, -0.1) is 0 Å². The summed E-state index contributed by atoms with van der Waals surface area (Å²) in [6, 6.07) is 7.28. The lowest BCUT2D eigenvalue weighted by molar-refractivity contribution is 0.163. The lowest BCUT2D eigenvalue weighted by Gasteiger charge is -2.34. The van der Waals surface area contributed by atoms with Crippen LogP contribution < -0.4 is 9.96 Å². The van der Waals surface area contributed by atoms with Crippen molar-refractivity contribution >= 4 is 17.5 Å². The smallest absolute Gasteiger partial charge is 0.411 e. The van der Waals surface area contributed by atoms with Crippen molar-refractivity contribution in [3.63, 3.8) is 0 Å². The summed E-state index contributed by atoms with van der Waals surface area (Å²) < 4.78 is 0. The highest BCUT2D eigenvalue weighted by atomic mass is 16.7. The summed E-state index contributed by atoms with van der Waals surface area (Å²) in [6.07, 6.45) is -0.932. The van der Waals surface area contributed by atoms with Gasteiger partial charge in [-0.1, -0.05) is 12.1 Å². The quantitative estimate of drug-likeness (QED) is 0.760. The zero-order valence-electron chi connectivity index (χ0n) is 8.38. The second-order valence-electron chi connectivity index (χ2n) is 3.21. The summed E-state index contributed by atoms with van der Waals surface area (Å²) in [5.74, 6) is 0. The van der Waals surface area contributed by atoms with Crippen LogP contribution in [0.15, 0.2) is 24.3 Å². The van der Waals surface area contributed by atoms with Crippen LogP contribution in [0, 0.1) is 0 Å². The van der Waals surface area contributed by atoms with E-state index in [1.54, 1.807) is 18.2 Å². The van der Waals surface area contributed by atoms with Crippen LogP contribution >= 0.6 is 0 Å². The molecule has 1 aliphatic rings. The maximum atomic E-state index is 11.0. The lowest BCUT2D eigenvalue weighted by atomic mass is 10.2. The van der Waals surface area contributed by atoms with Crippen molar-refractivity contribution in [2.45, 2.75) is 0 Å². The van der Waals surface area contributed by atoms with E-state index in [2.05, 4.69) is 0 Å². The van der Waals surface area contributed by atoms with Gasteiger partial charge in [0.1, 0.15) is 0 Å². The molecule has 0 radical (unpaired) electrons. The van der Waals surface area contributed by atoms with E-state index < -0.39 is 6.09 Å². The minimum Gasteiger partial charge on any atom is -0.465 e. The molecule has 2 rings (SSSR count). The fourth-order valence-electron chi connectivity index (χ4n) is 1.72. The fraction of sp³-hybridized carbons (Fsp3) is 0.300. The highest BCUT2D eigenvalue weighted by Gasteiger charge is 2.25. The number of nitrogens with zero attached hydrogens (tertiary/aromatic N) is 2. The Balaban J connectivity index is 2.43. The van der Waals surface area contributed by atoms with E-state index >= 15 is 0 Å². The summed E-state index contributed by atoms with van der Waals surface area (Å²) in [5, 5.41) is 10.7. The van der Waals surface area contributed by atoms with Gasteiger partial charge in [0.25, 0.3) is 0 Å². The third-order valence-corrected chi connectivity index (χ3v) is 2.42. The molecule has 0 fully saturated rings. The van der Waals surface area contributed by atoms with Gasteiger partial charge >= 0.3 is 6.09 Å². The van der Waals surface area contributed by atoms with Gasteiger partial charge in [-0.2, -0.15) is 0 Å². The molecule has 0 aliphatic carbocycles. The summed E-state index contributed by atoms with van der Waals surface area (Å²) in [7, 11) is 1.58. The summed E-state index contributed by atoms with van der Waals surface area (Å²) in [4.78, 5) is 17.5. The van der Waals surface area contributed by atoms with Crippen LogP contribution in [0.2, 0.25) is 0 Å². The van der Waals surface area contributed by atoms with E-state index in [9.17, 15) is 4.79 Å². The van der Waals surface area contributed by atoms with E-state index in [-0.39, 0.29) is 0 Å². The Morgan fingerprint density at radius 2 is 2.00 bits per heavy atom. The van der Waals surface area contributed by atoms with Crippen molar-refractivity contribution in [1.82, 2.24) is 0 Å². The van der Waals surface area contributed by atoms with E-state index in [1.165, 1.54) is 4.90 Å². The third-order valence-electron chi connectivity index (χ3n) is 2.42. The number of hydrogen-bond acceptors (Lipinski definition) is 3. The predicted molar refractivity (Wildman–Crippen MR) is 56.2 cm³/mol. The molecule has 1 amide bonds. The van der Waals surface area contributed by atoms with Gasteiger partial charge in [-0.05, 0) is 12.1 Å². The fourth-order valence-corrected chi connectivity index (χ4v) is 1.72. The van der Waals surface area contributed by atoms with Crippen molar-refractivity contribution < 1.29 is 14.7 Å². The molecule has 1 heterocycles. The van der Waals surface area contributed by atoms with Gasteiger partial charge in [0, 0.05) is 6.54 Å². The van der Waals surface area contributed by atoms with E-state index in [4.69, 9.17) is 9.94 Å². The first-order chi connectivity index (χ1) is 7.24. The number of benzene rings is 1. The maximum absolute atomic E-state index is 11.0. The highest BCUT2D eigenvalue weighted by molar-refractivity contribution is 5.92. The standard InChI is InChI=1S/C10H12N2O3/c1-15-12-7-6-11(10(13)14)8-4-2-3-5-9(8)12/h2-5H,6-7H2,1H3,(H,13,14). The molecule has 1 N–H and O–H groups in total. The van der Waals surface area contributed by atoms with Crippen molar-refractivity contribution in [3.05, 3.63) is 24.3 Å². The molecule has 80 valence electrons. The van der Waals surface area contributed by atoms with Crippen LogP contribution in [0.5, 0.6) is 0 Å². The molecule has 0 atom stereocenters. The van der Waals surface area contributed by atoms with Crippen LogP contribution in [-0.4, -0.2) is 31.4 Å². The summed E-state index contributed by atoms with van der Waals surface area (Å²) in [6.45, 7) is 0.958. The Morgan fingerprint density at radius 3 is 2.60 bits per heavy atom. The Bertz CT molecular complexity index is 381. The van der Waals surface area contributed by atoms with Crippen molar-refractivity contribution in [2.75, 3.05) is 30.2 Å². The van der Waals surface area contributed by atoms with E-state index in [0.717, 1.165) is 5.69 Å². The molecule has 0 unspecified atom stereocenters. The first-order valence-corrected chi connectivity index (χ1v) is 4.65. The van der Waals surface area contributed by atoms with Crippen LogP contribution in [0.3, 0.4) is 0 Å². The molecular weight excluding hydrogens is 196 g/mol. The zero-order valence-corrected chi connectivity index (χ0v) is 8.38. The van der Waals surface area contributed by atoms with Gasteiger partial charge in [0.05, 0.1) is 25.0 Å². The molecule has 1 aromatic rings. The van der Waals surface area contributed by atoms with Gasteiger partial charge in [-0.25, -0.2) is 4.79 Å². The lowest BCUT2D eigenvalue weighted by Crippen LogP contribution is -2.43. The van der Waals surface area contributed by atoms with E-state index in [1.807, 2.05) is 18.2 Å². The van der Waals surface area contributed by atoms with Gasteiger partial charge in [-0.3, -0.25) is 14.8 Å². The Kier molecular flexibility index (Phi) is 2.47. The van der Waals surface area contributed by atoms with Crippen LogP contribution in [0.4, 0.5) is 16.2 Å². The molecule has 1 aliphatic heterocycles. The number of para-hydroxylation sites is 2. The summed E-state index contributed by atoms with van der Waals surface area (Å²) in [5.41, 5.74) is 1.45. The summed E-state index contributed by atoms with van der Waals surface area (Å²) >= 11 is 0. The van der Waals surface area contributed by atoms with E-state index in [0.29, 0.717) is 18.8 Å². The minimum atomic E-state index is -0.932. The van der Waals surface area contributed by atoms with Crippen molar-refractivity contribution in [3.8, 4) is 0 Å². The molecule has 5 nitrogen and oxygen atoms in total. The molecule has 15 heavy (non-hydrogen) atoms. The second kappa shape index (κ2) is 3.78. The number of carboxylic acid groups (broad SMARTS) is 1.